The first-order chi connectivity index (χ1) is 8.88. The van der Waals surface area contributed by atoms with Crippen molar-refractivity contribution in [3.63, 3.8) is 0 Å². The number of carboxylic acid groups (broad SMARTS) is 1. The van der Waals surface area contributed by atoms with Gasteiger partial charge >= 0.3 is 5.97 Å². The van der Waals surface area contributed by atoms with Gasteiger partial charge in [0.2, 0.25) is 0 Å². The van der Waals surface area contributed by atoms with Gasteiger partial charge in [0.15, 0.2) is 0 Å². The van der Waals surface area contributed by atoms with Crippen molar-refractivity contribution in [2.75, 3.05) is 13.2 Å². The van der Waals surface area contributed by atoms with Gasteiger partial charge < -0.3 is 9.84 Å². The van der Waals surface area contributed by atoms with E-state index in [1.807, 2.05) is 0 Å². The monoisotopic (exact) mass is 272 g/mol. The third-order valence-electron chi connectivity index (χ3n) is 1.68. The molecule has 1 aromatic rings. The Bertz CT molecular complexity index is 432. The number of hydrogen-bond acceptors (Lipinski definition) is 6. The molecule has 0 fully saturated rings. The molecule has 0 unspecified atom stereocenters. The van der Waals surface area contributed by atoms with Crippen molar-refractivity contribution in [1.82, 2.24) is 0 Å². The van der Waals surface area contributed by atoms with Crippen molar-refractivity contribution in [3.05, 3.63) is 44.5 Å². The van der Waals surface area contributed by atoms with Gasteiger partial charge in [-0.15, -0.1) is 0 Å². The molecule has 0 aliphatic heterocycles. The smallest absolute Gasteiger partial charge is 0.329 e. The van der Waals surface area contributed by atoms with Crippen molar-refractivity contribution in [2.24, 2.45) is 0 Å². The van der Waals surface area contributed by atoms with Crippen molar-refractivity contribution < 1.29 is 24.5 Å². The van der Waals surface area contributed by atoms with E-state index in [0.29, 0.717) is 6.61 Å². The Balaban J connectivity index is 0.000000399. The first-order valence-corrected chi connectivity index (χ1v) is 5.06. The van der Waals surface area contributed by atoms with E-state index in [0.717, 1.165) is 6.07 Å². The maximum Gasteiger partial charge on any atom is 0.329 e. The third-order valence-corrected chi connectivity index (χ3v) is 1.68. The van der Waals surface area contributed by atoms with Crippen LogP contribution in [0, 0.1) is 20.2 Å². The molecule has 0 radical (unpaired) electrons. The molecule has 0 amide bonds. The summed E-state index contributed by atoms with van der Waals surface area (Å²) >= 11 is 0. The fourth-order valence-corrected chi connectivity index (χ4v) is 0.910. The highest BCUT2D eigenvalue weighted by Gasteiger charge is 2.11. The average molecular weight is 272 g/mol. The average Bonchev–Trinajstić information content (AvgIpc) is 2.37. The molecule has 0 atom stereocenters. The number of carbonyl (C=O) groups is 1. The first-order valence-electron chi connectivity index (χ1n) is 5.06. The third kappa shape index (κ3) is 7.39. The van der Waals surface area contributed by atoms with E-state index in [-0.39, 0.29) is 18.0 Å². The van der Waals surface area contributed by atoms with Crippen LogP contribution in [0.4, 0.5) is 11.4 Å². The zero-order valence-corrected chi connectivity index (χ0v) is 10.0. The SMILES string of the molecule is CCOCC(=O)O.O=[N+]([O-])c1cccc([N+](=O)[O-])c1. The molecule has 9 heteroatoms. The quantitative estimate of drug-likeness (QED) is 0.635. The minimum absolute atomic E-state index is 0.184. The summed E-state index contributed by atoms with van der Waals surface area (Å²) in [5, 5.41) is 28.2. The number of nitro groups is 2. The Labute approximate surface area is 107 Å². The Morgan fingerprint density at radius 2 is 1.74 bits per heavy atom. The minimum atomic E-state index is -0.915. The van der Waals surface area contributed by atoms with E-state index in [2.05, 4.69) is 4.74 Å². The maximum atomic E-state index is 10.2. The van der Waals surface area contributed by atoms with Crippen molar-refractivity contribution >= 4 is 17.3 Å². The second-order valence-corrected chi connectivity index (χ2v) is 3.06. The van der Waals surface area contributed by atoms with Gasteiger partial charge in [0, 0.05) is 18.7 Å². The summed E-state index contributed by atoms with van der Waals surface area (Å²) in [6.07, 6.45) is 0. The van der Waals surface area contributed by atoms with E-state index in [1.165, 1.54) is 18.2 Å². The number of non-ortho nitro benzene ring substituents is 2. The molecular formula is C10H12N2O7. The van der Waals surface area contributed by atoms with Crippen molar-refractivity contribution in [3.8, 4) is 0 Å². The molecule has 1 rings (SSSR count). The van der Waals surface area contributed by atoms with Crippen LogP contribution in [0.2, 0.25) is 0 Å². The standard InChI is InChI=1S/C6H4N2O4.C4H8O3/c9-7(10)5-2-1-3-6(4-5)8(11)12;1-2-7-3-4(5)6/h1-4H;2-3H2,1H3,(H,5,6). The lowest BCUT2D eigenvalue weighted by Crippen LogP contribution is -2.05. The van der Waals surface area contributed by atoms with Crippen LogP contribution in [-0.4, -0.2) is 34.1 Å². The molecule has 0 aromatic heterocycles. The van der Waals surface area contributed by atoms with Gasteiger partial charge in [-0.2, -0.15) is 0 Å². The van der Waals surface area contributed by atoms with Crippen LogP contribution < -0.4 is 0 Å². The van der Waals surface area contributed by atoms with E-state index in [1.54, 1.807) is 6.92 Å². The van der Waals surface area contributed by atoms with Gasteiger partial charge in [-0.3, -0.25) is 20.2 Å². The Morgan fingerprint density at radius 3 is 2.00 bits per heavy atom. The predicted molar refractivity (Wildman–Crippen MR) is 63.9 cm³/mol. The summed E-state index contributed by atoms with van der Waals surface area (Å²) < 4.78 is 4.50. The maximum absolute atomic E-state index is 10.2. The summed E-state index contributed by atoms with van der Waals surface area (Å²) in [5.74, 6) is -0.915. The van der Waals surface area contributed by atoms with Crippen LogP contribution in [0.25, 0.3) is 0 Å². The molecule has 104 valence electrons. The van der Waals surface area contributed by atoms with Gasteiger partial charge in [0.05, 0.1) is 15.9 Å². The number of nitrogens with zero attached hydrogens (tertiary/aromatic N) is 2. The van der Waals surface area contributed by atoms with Gasteiger partial charge in [0.1, 0.15) is 6.61 Å². The zero-order valence-electron chi connectivity index (χ0n) is 10.0. The summed E-state index contributed by atoms with van der Waals surface area (Å²) in [5.41, 5.74) is -0.548. The Hall–Kier alpha value is -2.55. The second kappa shape index (κ2) is 8.53. The molecule has 0 spiro atoms. The van der Waals surface area contributed by atoms with Gasteiger partial charge in [-0.1, -0.05) is 0 Å². The van der Waals surface area contributed by atoms with Gasteiger partial charge in [-0.05, 0) is 13.0 Å². The number of rotatable bonds is 5. The lowest BCUT2D eigenvalue weighted by atomic mass is 10.3. The van der Waals surface area contributed by atoms with E-state index >= 15 is 0 Å². The van der Waals surface area contributed by atoms with Crippen LogP contribution in [-0.2, 0) is 9.53 Å². The lowest BCUT2D eigenvalue weighted by Gasteiger charge is -1.90. The molecule has 9 nitrogen and oxygen atoms in total. The zero-order chi connectivity index (χ0) is 14.8. The highest BCUT2D eigenvalue weighted by Crippen LogP contribution is 2.18. The van der Waals surface area contributed by atoms with Crippen LogP contribution >= 0.6 is 0 Å². The number of aliphatic carboxylic acids is 1. The number of nitro benzene ring substituents is 2. The predicted octanol–water partition coefficient (Wildman–Crippen LogP) is 1.61. The van der Waals surface area contributed by atoms with E-state index in [9.17, 15) is 25.0 Å². The first kappa shape index (κ1) is 16.4. The minimum Gasteiger partial charge on any atom is -0.480 e. The van der Waals surface area contributed by atoms with Crippen LogP contribution in [0.1, 0.15) is 6.92 Å². The van der Waals surface area contributed by atoms with Gasteiger partial charge in [0.25, 0.3) is 11.4 Å². The molecule has 1 N–H and O–H groups in total. The number of carboxylic acids is 1. The summed E-state index contributed by atoms with van der Waals surface area (Å²) in [4.78, 5) is 28.6. The van der Waals surface area contributed by atoms with E-state index < -0.39 is 15.8 Å². The molecule has 19 heavy (non-hydrogen) atoms. The van der Waals surface area contributed by atoms with E-state index in [4.69, 9.17) is 5.11 Å². The second-order valence-electron chi connectivity index (χ2n) is 3.06. The van der Waals surface area contributed by atoms with Crippen LogP contribution in [0.15, 0.2) is 24.3 Å². The molecule has 1 aromatic carbocycles. The fraction of sp³-hybridized carbons (Fsp3) is 0.300. The van der Waals surface area contributed by atoms with Crippen molar-refractivity contribution in [1.29, 1.82) is 0 Å². The molecule has 0 aliphatic carbocycles. The Kier molecular flexibility index (Phi) is 7.38. The summed E-state index contributed by atoms with van der Waals surface area (Å²) in [6.45, 7) is 2.03. The molecule has 0 heterocycles. The number of ether oxygens (including phenoxy) is 1. The normalized spacial score (nSPS) is 9.11. The van der Waals surface area contributed by atoms with Crippen LogP contribution in [0.5, 0.6) is 0 Å². The molecule has 0 aliphatic rings. The fourth-order valence-electron chi connectivity index (χ4n) is 0.910. The highest BCUT2D eigenvalue weighted by atomic mass is 16.6. The molecule has 0 saturated heterocycles. The summed E-state index contributed by atoms with van der Waals surface area (Å²) in [7, 11) is 0. The molecule has 0 bridgehead atoms. The lowest BCUT2D eigenvalue weighted by molar-refractivity contribution is -0.394. The number of benzene rings is 1. The summed E-state index contributed by atoms with van der Waals surface area (Å²) in [6, 6.07) is 4.59. The van der Waals surface area contributed by atoms with Gasteiger partial charge in [-0.25, -0.2) is 4.79 Å². The Morgan fingerprint density at radius 1 is 1.26 bits per heavy atom. The molecular weight excluding hydrogens is 260 g/mol. The van der Waals surface area contributed by atoms with Crippen LogP contribution in [0.3, 0.4) is 0 Å². The molecule has 0 saturated carbocycles. The number of hydrogen-bond donors (Lipinski definition) is 1. The largest absolute Gasteiger partial charge is 0.480 e. The topological polar surface area (TPSA) is 133 Å². The highest BCUT2D eigenvalue weighted by molar-refractivity contribution is 5.67. The van der Waals surface area contributed by atoms with Crippen molar-refractivity contribution in [2.45, 2.75) is 6.92 Å².